The van der Waals surface area contributed by atoms with Crippen LogP contribution in [0.4, 0.5) is 4.39 Å². The predicted molar refractivity (Wildman–Crippen MR) is 131 cm³/mol. The van der Waals surface area contributed by atoms with Crippen LogP contribution >= 0.6 is 0 Å². The van der Waals surface area contributed by atoms with Gasteiger partial charge in [-0.1, -0.05) is 36.4 Å². The normalized spacial score (nSPS) is 18.6. The number of amides is 1. The fourth-order valence-corrected chi connectivity index (χ4v) is 4.57. The Labute approximate surface area is 199 Å². The lowest BCUT2D eigenvalue weighted by Crippen LogP contribution is -2.54. The number of nitrogens with two attached hydrogens (primary N) is 1. The molecule has 0 radical (unpaired) electrons. The van der Waals surface area contributed by atoms with Crippen LogP contribution in [0.1, 0.15) is 36.2 Å². The molecule has 2 atom stereocenters. The van der Waals surface area contributed by atoms with Crippen molar-refractivity contribution in [3.8, 4) is 22.8 Å². The second-order valence-electron chi connectivity index (χ2n) is 9.03. The summed E-state index contributed by atoms with van der Waals surface area (Å²) < 4.78 is 19.2. The number of carbonyl (C=O) groups is 1. The zero-order valence-corrected chi connectivity index (χ0v) is 19.6. The van der Waals surface area contributed by atoms with Crippen molar-refractivity contribution >= 4 is 5.91 Å². The van der Waals surface area contributed by atoms with Gasteiger partial charge in [0, 0.05) is 25.2 Å². The molecule has 178 valence electrons. The molecular weight excluding hydrogens is 431 g/mol. The second kappa shape index (κ2) is 10.8. The number of nitrogens with one attached hydrogen (secondary N) is 1. The molecule has 3 aromatic rings. The molecule has 0 saturated carbocycles. The Kier molecular flexibility index (Phi) is 7.55. The zero-order chi connectivity index (χ0) is 24.1. The third-order valence-corrected chi connectivity index (χ3v) is 5.97. The summed E-state index contributed by atoms with van der Waals surface area (Å²) in [7, 11) is 0. The van der Waals surface area contributed by atoms with E-state index < -0.39 is 11.7 Å². The van der Waals surface area contributed by atoms with E-state index in [1.54, 1.807) is 6.07 Å². The first kappa shape index (κ1) is 23.9. The fraction of sp³-hybridized carbons (Fsp3) is 0.333. The van der Waals surface area contributed by atoms with Gasteiger partial charge in [0.15, 0.2) is 0 Å². The Morgan fingerprint density at radius 2 is 1.82 bits per heavy atom. The molecule has 7 heteroatoms. The molecular formula is C27H31FN4O2. The number of aromatic nitrogens is 1. The van der Waals surface area contributed by atoms with Gasteiger partial charge in [0.2, 0.25) is 5.88 Å². The minimum absolute atomic E-state index is 0.0173. The molecule has 0 unspecified atom stereocenters. The summed E-state index contributed by atoms with van der Waals surface area (Å²) in [5, 5.41) is 3.58. The van der Waals surface area contributed by atoms with Crippen LogP contribution in [0.2, 0.25) is 0 Å². The molecule has 1 aromatic heterocycles. The number of aryl methyl sites for hydroxylation is 1. The van der Waals surface area contributed by atoms with E-state index in [1.807, 2.05) is 18.2 Å². The molecule has 1 aliphatic heterocycles. The molecule has 2 heterocycles. The average Bonchev–Trinajstić information content (AvgIpc) is 2.80. The summed E-state index contributed by atoms with van der Waals surface area (Å²) in [5.74, 6) is -0.967. The van der Waals surface area contributed by atoms with E-state index in [0.29, 0.717) is 17.8 Å². The number of hydrogen-bond acceptors (Lipinski definition) is 5. The van der Waals surface area contributed by atoms with E-state index in [-0.39, 0.29) is 11.4 Å². The molecule has 0 aliphatic carbocycles. The first-order valence-corrected chi connectivity index (χ1v) is 11.7. The zero-order valence-electron chi connectivity index (χ0n) is 19.6. The van der Waals surface area contributed by atoms with Gasteiger partial charge in [0.05, 0.1) is 6.20 Å². The van der Waals surface area contributed by atoms with Crippen LogP contribution in [-0.2, 0) is 6.42 Å². The molecule has 1 aliphatic rings. The maximum atomic E-state index is 13.5. The van der Waals surface area contributed by atoms with Gasteiger partial charge in [-0.05, 0) is 68.1 Å². The van der Waals surface area contributed by atoms with Crippen LogP contribution in [0.3, 0.4) is 0 Å². The number of carbonyl (C=O) groups excluding carboxylic acids is 1. The number of rotatable bonds is 8. The van der Waals surface area contributed by atoms with E-state index >= 15 is 0 Å². The largest absolute Gasteiger partial charge is 0.438 e. The third kappa shape index (κ3) is 6.18. The van der Waals surface area contributed by atoms with Crippen molar-refractivity contribution in [1.82, 2.24) is 15.2 Å². The number of hydrogen-bond donors (Lipinski definition) is 2. The van der Waals surface area contributed by atoms with Gasteiger partial charge in [-0.25, -0.2) is 9.37 Å². The highest BCUT2D eigenvalue weighted by atomic mass is 19.1. The number of ether oxygens (including phenoxy) is 1. The molecule has 1 saturated heterocycles. The van der Waals surface area contributed by atoms with Crippen molar-refractivity contribution in [3.63, 3.8) is 0 Å². The lowest BCUT2D eigenvalue weighted by molar-refractivity contribution is 0.0997. The fourth-order valence-electron chi connectivity index (χ4n) is 4.57. The van der Waals surface area contributed by atoms with E-state index in [0.717, 1.165) is 55.9 Å². The van der Waals surface area contributed by atoms with Crippen molar-refractivity contribution in [2.45, 2.75) is 38.8 Å². The van der Waals surface area contributed by atoms with Crippen molar-refractivity contribution < 1.29 is 13.9 Å². The summed E-state index contributed by atoms with van der Waals surface area (Å²) in [6, 6.07) is 18.1. The van der Waals surface area contributed by atoms with Crippen molar-refractivity contribution in [3.05, 3.63) is 77.7 Å². The number of nitrogens with zero attached hydrogens (tertiary/aromatic N) is 2. The van der Waals surface area contributed by atoms with Crippen LogP contribution in [0, 0.1) is 5.82 Å². The summed E-state index contributed by atoms with van der Waals surface area (Å²) >= 11 is 0. The van der Waals surface area contributed by atoms with Crippen LogP contribution < -0.4 is 15.8 Å². The summed E-state index contributed by atoms with van der Waals surface area (Å²) in [5.41, 5.74) is 8.59. The highest BCUT2D eigenvalue weighted by Gasteiger charge is 2.20. The average molecular weight is 463 g/mol. The van der Waals surface area contributed by atoms with Gasteiger partial charge < -0.3 is 20.7 Å². The quantitative estimate of drug-likeness (QED) is 0.519. The van der Waals surface area contributed by atoms with Crippen LogP contribution in [-0.4, -0.2) is 47.5 Å². The lowest BCUT2D eigenvalue weighted by atomic mass is 10.0. The monoisotopic (exact) mass is 462 g/mol. The third-order valence-electron chi connectivity index (χ3n) is 5.97. The van der Waals surface area contributed by atoms with Gasteiger partial charge in [-0.2, -0.15) is 0 Å². The summed E-state index contributed by atoms with van der Waals surface area (Å²) in [6.07, 6.45) is 3.12. The van der Waals surface area contributed by atoms with E-state index in [2.05, 4.69) is 53.3 Å². The number of piperazine rings is 1. The Morgan fingerprint density at radius 1 is 1.12 bits per heavy atom. The molecule has 0 bridgehead atoms. The highest BCUT2D eigenvalue weighted by molar-refractivity contribution is 5.95. The minimum atomic E-state index is -0.796. The van der Waals surface area contributed by atoms with Gasteiger partial charge in [0.1, 0.15) is 17.1 Å². The van der Waals surface area contributed by atoms with Crippen LogP contribution in [0.15, 0.2) is 60.8 Å². The topological polar surface area (TPSA) is 80.5 Å². The Balaban J connectivity index is 1.43. The molecule has 1 fully saturated rings. The number of benzene rings is 2. The van der Waals surface area contributed by atoms with Gasteiger partial charge in [-0.15, -0.1) is 0 Å². The van der Waals surface area contributed by atoms with E-state index in [4.69, 9.17) is 10.5 Å². The van der Waals surface area contributed by atoms with E-state index in [9.17, 15) is 9.18 Å². The van der Waals surface area contributed by atoms with E-state index in [1.165, 1.54) is 5.56 Å². The first-order chi connectivity index (χ1) is 16.4. The summed E-state index contributed by atoms with van der Waals surface area (Å²) in [6.45, 7) is 7.77. The Hall–Kier alpha value is -3.29. The molecule has 0 spiro atoms. The van der Waals surface area contributed by atoms with Crippen LogP contribution in [0.25, 0.3) is 11.1 Å². The minimum Gasteiger partial charge on any atom is -0.438 e. The maximum absolute atomic E-state index is 13.5. The Bertz CT molecular complexity index is 1140. The number of pyridine rings is 1. The Morgan fingerprint density at radius 3 is 2.56 bits per heavy atom. The molecule has 4 rings (SSSR count). The van der Waals surface area contributed by atoms with Gasteiger partial charge in [0.25, 0.3) is 5.91 Å². The summed E-state index contributed by atoms with van der Waals surface area (Å²) in [4.78, 5) is 18.1. The van der Waals surface area contributed by atoms with Gasteiger partial charge >= 0.3 is 0 Å². The van der Waals surface area contributed by atoms with Crippen molar-refractivity contribution in [2.24, 2.45) is 5.73 Å². The molecule has 1 amide bonds. The molecule has 2 aromatic carbocycles. The van der Waals surface area contributed by atoms with Gasteiger partial charge in [-0.3, -0.25) is 4.79 Å². The first-order valence-electron chi connectivity index (χ1n) is 11.7. The van der Waals surface area contributed by atoms with Crippen molar-refractivity contribution in [1.29, 1.82) is 0 Å². The molecule has 34 heavy (non-hydrogen) atoms. The number of halogens is 1. The smallest absolute Gasteiger partial charge is 0.254 e. The predicted octanol–water partition coefficient (Wildman–Crippen LogP) is 4.39. The van der Waals surface area contributed by atoms with Crippen molar-refractivity contribution in [2.75, 3.05) is 19.6 Å². The second-order valence-corrected chi connectivity index (χ2v) is 9.03. The number of primary amides is 1. The highest BCUT2D eigenvalue weighted by Crippen LogP contribution is 2.29. The SMILES string of the molecule is C[C@@H]1CN(CCCc2cccc(-c3cccc(Oc4ncc(F)cc4C(N)=O)c3)c2)C[C@H](C)N1. The standard InChI is InChI=1S/C27H31FN4O2/c1-18-16-32(17-19(2)31-18)11-5-7-20-6-3-8-21(12-20)22-9-4-10-24(13-22)34-27-25(26(29)33)14-23(28)15-30-27/h3-4,6,8-10,12-15,18-19,31H,5,7,11,16-17H2,1-2H3,(H2,29,33)/t18-,19+. The lowest BCUT2D eigenvalue weighted by Gasteiger charge is -2.36. The molecule has 3 N–H and O–H groups in total. The maximum Gasteiger partial charge on any atom is 0.254 e. The molecule has 6 nitrogen and oxygen atoms in total. The van der Waals surface area contributed by atoms with Crippen LogP contribution in [0.5, 0.6) is 11.6 Å².